The van der Waals surface area contributed by atoms with Crippen LogP contribution in [0.4, 0.5) is 0 Å². The summed E-state index contributed by atoms with van der Waals surface area (Å²) in [7, 11) is -4.56. The molecular weight excluding hydrogens is 148 g/mol. The van der Waals surface area contributed by atoms with Crippen LogP contribution in [0.1, 0.15) is 6.42 Å². The Balaban J connectivity index is 4.08. The first-order valence-corrected chi connectivity index (χ1v) is 3.53. The molecule has 54 valence electrons. The van der Waals surface area contributed by atoms with Crippen molar-refractivity contribution in [3.63, 3.8) is 0 Å². The average Bonchev–Trinajstić information content (AvgIpc) is 1.64. The zero-order valence-electron chi connectivity index (χ0n) is 4.44. The molecule has 0 unspecified atom stereocenters. The van der Waals surface area contributed by atoms with E-state index < -0.39 is 28.3 Å². The molecule has 0 aromatic rings. The van der Waals surface area contributed by atoms with Crippen LogP contribution in [0.15, 0.2) is 0 Å². The summed E-state index contributed by atoms with van der Waals surface area (Å²) in [5.41, 5.74) is 0. The van der Waals surface area contributed by atoms with E-state index in [1.165, 1.54) is 0 Å². The second-order valence-electron chi connectivity index (χ2n) is 1.32. The van der Waals surface area contributed by atoms with Crippen LogP contribution in [-0.4, -0.2) is 29.8 Å². The van der Waals surface area contributed by atoms with Crippen molar-refractivity contribution in [2.45, 2.75) is 6.42 Å². The third-order valence-electron chi connectivity index (χ3n) is 0.604. The normalized spacial score (nSPS) is 11.3. The second-order valence-corrected chi connectivity index (χ2v) is 2.73. The molecule has 6 heteroatoms. The Kier molecular flexibility index (Phi) is 2.75. The van der Waals surface area contributed by atoms with Crippen molar-refractivity contribution in [2.24, 2.45) is 0 Å². The van der Waals surface area contributed by atoms with E-state index in [0.717, 1.165) is 0 Å². The fraction of sp³-hybridized carbons (Fsp3) is 0.667. The predicted octanol–water partition coefficient (Wildman–Crippen LogP) is -1.22. The van der Waals surface area contributed by atoms with E-state index in [1.54, 1.807) is 0 Å². The van der Waals surface area contributed by atoms with Gasteiger partial charge in [0.05, 0.1) is 6.61 Å². The number of hydrogen-bond acceptors (Lipinski definition) is 4. The minimum Gasteiger partial charge on any atom is -0.396 e. The molecule has 0 fully saturated rings. The van der Waals surface area contributed by atoms with E-state index in [9.17, 15) is 13.2 Å². The van der Waals surface area contributed by atoms with Gasteiger partial charge in [0, 0.05) is 6.42 Å². The van der Waals surface area contributed by atoms with Gasteiger partial charge in [-0.3, -0.25) is 9.35 Å². The van der Waals surface area contributed by atoms with Crippen LogP contribution in [0.25, 0.3) is 0 Å². The van der Waals surface area contributed by atoms with Crippen LogP contribution in [0.3, 0.4) is 0 Å². The molecule has 9 heavy (non-hydrogen) atoms. The number of hydrogen-bond donors (Lipinski definition) is 2. The minimum absolute atomic E-state index is 0.557. The van der Waals surface area contributed by atoms with Gasteiger partial charge in [0.15, 0.2) is 0 Å². The zero-order valence-corrected chi connectivity index (χ0v) is 5.26. The van der Waals surface area contributed by atoms with Crippen molar-refractivity contribution in [3.05, 3.63) is 0 Å². The summed E-state index contributed by atoms with van der Waals surface area (Å²) in [6.07, 6.45) is -0.557. The lowest BCUT2D eigenvalue weighted by Crippen LogP contribution is -2.13. The van der Waals surface area contributed by atoms with Crippen LogP contribution < -0.4 is 0 Å². The molecule has 0 spiro atoms. The molecule has 0 atom stereocenters. The SMILES string of the molecule is O=C(CCO)S(=O)(=O)O. The Morgan fingerprint density at radius 2 is 1.89 bits per heavy atom. The molecule has 0 aromatic carbocycles. The molecule has 0 aromatic heterocycles. The third kappa shape index (κ3) is 3.17. The molecule has 0 radical (unpaired) electrons. The molecule has 0 amide bonds. The fourth-order valence-electron chi connectivity index (χ4n) is 0.220. The Morgan fingerprint density at radius 3 is 2.00 bits per heavy atom. The number of aliphatic hydroxyl groups is 1. The first-order chi connectivity index (χ1) is 3.98. The Hall–Kier alpha value is -0.460. The molecule has 0 heterocycles. The van der Waals surface area contributed by atoms with Gasteiger partial charge in [-0.1, -0.05) is 0 Å². The molecule has 0 saturated heterocycles. The Morgan fingerprint density at radius 1 is 1.44 bits per heavy atom. The number of carbonyl (C=O) groups excluding carboxylic acids is 1. The second kappa shape index (κ2) is 2.90. The van der Waals surface area contributed by atoms with Gasteiger partial charge in [0.2, 0.25) is 0 Å². The van der Waals surface area contributed by atoms with Gasteiger partial charge in [-0.05, 0) is 0 Å². The molecule has 5 nitrogen and oxygen atoms in total. The van der Waals surface area contributed by atoms with E-state index in [4.69, 9.17) is 9.66 Å². The molecule has 0 aliphatic heterocycles. The summed E-state index contributed by atoms with van der Waals surface area (Å²) < 4.78 is 27.6. The Labute approximate surface area is 52.1 Å². The minimum atomic E-state index is -4.56. The smallest absolute Gasteiger partial charge is 0.328 e. The van der Waals surface area contributed by atoms with Crippen molar-refractivity contribution < 1.29 is 22.9 Å². The number of aliphatic hydroxyl groups excluding tert-OH is 1. The highest BCUT2D eigenvalue weighted by molar-refractivity contribution is 8.01. The van der Waals surface area contributed by atoms with Crippen LogP contribution in [0, 0.1) is 0 Å². The van der Waals surface area contributed by atoms with Crippen molar-refractivity contribution in [3.8, 4) is 0 Å². The lowest BCUT2D eigenvalue weighted by molar-refractivity contribution is -0.112. The van der Waals surface area contributed by atoms with Crippen molar-refractivity contribution in [2.75, 3.05) is 6.61 Å². The molecule has 0 bridgehead atoms. The maximum Gasteiger partial charge on any atom is 0.328 e. The molecule has 0 rings (SSSR count). The maximum atomic E-state index is 10.1. The van der Waals surface area contributed by atoms with Crippen molar-refractivity contribution in [1.29, 1.82) is 0 Å². The summed E-state index contributed by atoms with van der Waals surface area (Å²) in [6.45, 7) is -0.571. The van der Waals surface area contributed by atoms with Gasteiger partial charge in [-0.15, -0.1) is 0 Å². The van der Waals surface area contributed by atoms with E-state index in [0.29, 0.717) is 0 Å². The first-order valence-electron chi connectivity index (χ1n) is 2.09. The van der Waals surface area contributed by atoms with Crippen molar-refractivity contribution in [1.82, 2.24) is 0 Å². The number of carbonyl (C=O) groups is 1. The number of rotatable bonds is 2. The van der Waals surface area contributed by atoms with Crippen LogP contribution in [-0.2, 0) is 14.9 Å². The van der Waals surface area contributed by atoms with Crippen LogP contribution >= 0.6 is 0 Å². The van der Waals surface area contributed by atoms with Gasteiger partial charge < -0.3 is 5.11 Å². The Bertz CT molecular complexity index is 190. The van der Waals surface area contributed by atoms with E-state index in [-0.39, 0.29) is 0 Å². The summed E-state index contributed by atoms with van der Waals surface area (Å²) in [5.74, 6) is 0. The van der Waals surface area contributed by atoms with Crippen LogP contribution in [0.2, 0.25) is 0 Å². The summed E-state index contributed by atoms with van der Waals surface area (Å²) >= 11 is 0. The van der Waals surface area contributed by atoms with Crippen molar-refractivity contribution >= 4 is 15.2 Å². The molecular formula is C3H6O5S. The molecule has 0 aliphatic rings. The van der Waals surface area contributed by atoms with Gasteiger partial charge in [0.25, 0.3) is 5.12 Å². The zero-order chi connectivity index (χ0) is 7.49. The lowest BCUT2D eigenvalue weighted by Gasteiger charge is -1.89. The molecule has 0 saturated carbocycles. The highest BCUT2D eigenvalue weighted by Gasteiger charge is 2.16. The topological polar surface area (TPSA) is 91.7 Å². The van der Waals surface area contributed by atoms with Gasteiger partial charge in [0.1, 0.15) is 0 Å². The first kappa shape index (κ1) is 8.54. The predicted molar refractivity (Wildman–Crippen MR) is 28.3 cm³/mol. The molecule has 2 N–H and O–H groups in total. The van der Waals surface area contributed by atoms with Gasteiger partial charge in [-0.25, -0.2) is 0 Å². The monoisotopic (exact) mass is 154 g/mol. The standard InChI is InChI=1S/C3H6O5S/c4-2-1-3(5)9(6,7)8/h4H,1-2H2,(H,6,7,8). The summed E-state index contributed by atoms with van der Waals surface area (Å²) in [4.78, 5) is 10.1. The van der Waals surface area contributed by atoms with Crippen LogP contribution in [0.5, 0.6) is 0 Å². The van der Waals surface area contributed by atoms with E-state index in [1.807, 2.05) is 0 Å². The largest absolute Gasteiger partial charge is 0.396 e. The van der Waals surface area contributed by atoms with Gasteiger partial charge >= 0.3 is 10.1 Å². The lowest BCUT2D eigenvalue weighted by atomic mass is 10.5. The average molecular weight is 154 g/mol. The van der Waals surface area contributed by atoms with Gasteiger partial charge in [-0.2, -0.15) is 8.42 Å². The quantitative estimate of drug-likeness (QED) is 0.486. The fourth-order valence-corrected chi connectivity index (χ4v) is 0.570. The van der Waals surface area contributed by atoms with E-state index >= 15 is 0 Å². The third-order valence-corrected chi connectivity index (χ3v) is 1.38. The van der Waals surface area contributed by atoms with E-state index in [2.05, 4.69) is 0 Å². The maximum absolute atomic E-state index is 10.1. The molecule has 0 aliphatic carbocycles. The summed E-state index contributed by atoms with van der Waals surface area (Å²) in [6, 6.07) is 0. The highest BCUT2D eigenvalue weighted by atomic mass is 32.2. The highest BCUT2D eigenvalue weighted by Crippen LogP contribution is 1.89. The summed E-state index contributed by atoms with van der Waals surface area (Å²) in [5, 5.41) is 6.65.